The summed E-state index contributed by atoms with van der Waals surface area (Å²) >= 11 is 1.07. The van der Waals surface area contributed by atoms with Gasteiger partial charge in [0, 0.05) is 49.4 Å². The zero-order valence-electron chi connectivity index (χ0n) is 8.28. The predicted molar refractivity (Wildman–Crippen MR) is 56.9 cm³/mol. The molecule has 0 aliphatic carbocycles. The van der Waals surface area contributed by atoms with Crippen LogP contribution in [0.1, 0.15) is 4.88 Å². The van der Waals surface area contributed by atoms with Crippen molar-refractivity contribution in [2.24, 2.45) is 0 Å². The Morgan fingerprint density at radius 1 is 1.35 bits per heavy atom. The molecule has 1 aromatic rings. The van der Waals surface area contributed by atoms with Crippen molar-refractivity contribution in [1.29, 1.82) is 0 Å². The van der Waals surface area contributed by atoms with Gasteiger partial charge in [-0.05, 0) is 11.4 Å². The molecule has 0 bridgehead atoms. The fraction of sp³-hybridized carbons (Fsp3) is 0.125. The maximum Gasteiger partial charge on any atom is 0.449 e. The van der Waals surface area contributed by atoms with Gasteiger partial charge in [-0.1, -0.05) is 6.07 Å². The summed E-state index contributed by atoms with van der Waals surface area (Å²) in [6.45, 7) is 0. The monoisotopic (exact) mass is 414 g/mol. The third kappa shape index (κ3) is 7.27. The van der Waals surface area contributed by atoms with Crippen molar-refractivity contribution in [3.05, 3.63) is 34.2 Å². The molecule has 0 atom stereocenters. The van der Waals surface area contributed by atoms with E-state index < -0.39 is 17.7 Å². The molecule has 1 heterocycles. The zero-order chi connectivity index (χ0) is 10.8. The van der Waals surface area contributed by atoms with Crippen LogP contribution in [0.3, 0.4) is 0 Å². The molecule has 0 saturated heterocycles. The minimum atomic E-state index is -4.83. The van der Waals surface area contributed by atoms with E-state index in [9.17, 15) is 13.2 Å². The molecule has 0 aliphatic rings. The quantitative estimate of drug-likeness (QED) is 0.329. The Balaban J connectivity index is -0.000000653. The summed E-state index contributed by atoms with van der Waals surface area (Å²) in [6, 6.07) is 3.02. The molecule has 0 amide bonds. The van der Waals surface area contributed by atoms with Gasteiger partial charge in [-0.15, -0.1) is 11.3 Å². The first kappa shape index (κ1) is 22.4. The maximum absolute atomic E-state index is 11.8. The molecule has 0 unspecified atom stereocenters. The second-order valence-corrected chi connectivity index (χ2v) is 3.34. The number of alkyl halides is 3. The Bertz CT molecular complexity index is 361. The summed E-state index contributed by atoms with van der Waals surface area (Å²) in [6.07, 6.45) is -4.54. The second-order valence-electron chi connectivity index (χ2n) is 2.39. The van der Waals surface area contributed by atoms with Crippen LogP contribution in [0.4, 0.5) is 13.2 Å². The molecule has 0 saturated carbocycles. The number of hydrogen-bond acceptors (Lipinski definition) is 2. The van der Waals surface area contributed by atoms with E-state index in [1.54, 1.807) is 11.4 Å². The molecule has 99 valence electrons. The summed E-state index contributed by atoms with van der Waals surface area (Å²) in [4.78, 5) is 9.40. The SMILES string of the molecule is OC(=CC(=[OH+])c1cccs1)C(F)(F)F.[Eu].[OH3+].[OH3+]. The number of carbonyl (C=O) groups excluding carboxylic acids is 1. The molecule has 4 nitrogen and oxygen atoms in total. The summed E-state index contributed by atoms with van der Waals surface area (Å²) in [7, 11) is 0. The Hall–Kier alpha value is 0.204. The van der Waals surface area contributed by atoms with Crippen LogP contribution in [0, 0.1) is 49.4 Å². The van der Waals surface area contributed by atoms with E-state index in [0.29, 0.717) is 0 Å². The van der Waals surface area contributed by atoms with Gasteiger partial charge in [0.05, 0.1) is 6.08 Å². The summed E-state index contributed by atoms with van der Waals surface area (Å²) in [5, 5.41) is 10.1. The van der Waals surface area contributed by atoms with Crippen molar-refractivity contribution in [3.8, 4) is 0 Å². The number of thiophene rings is 1. The van der Waals surface area contributed by atoms with Gasteiger partial charge in [-0.2, -0.15) is 13.2 Å². The maximum atomic E-state index is 11.8. The molecule has 8 N–H and O–H groups in total. The van der Waals surface area contributed by atoms with Crippen LogP contribution in [0.25, 0.3) is 0 Å². The van der Waals surface area contributed by atoms with Gasteiger partial charge in [0.2, 0.25) is 5.76 Å². The van der Waals surface area contributed by atoms with Crippen LogP contribution in [-0.4, -0.2) is 21.9 Å². The minimum absolute atomic E-state index is 0. The molecule has 17 heavy (non-hydrogen) atoms. The Morgan fingerprint density at radius 2 is 1.88 bits per heavy atom. The first-order chi connectivity index (χ1) is 6.41. The van der Waals surface area contributed by atoms with Gasteiger partial charge in [0.25, 0.3) is 0 Å². The van der Waals surface area contributed by atoms with Gasteiger partial charge < -0.3 is 16.1 Å². The first-order valence-corrected chi connectivity index (χ1v) is 4.37. The van der Waals surface area contributed by atoms with Gasteiger partial charge in [-0.3, -0.25) is 4.79 Å². The van der Waals surface area contributed by atoms with Gasteiger partial charge in [-0.25, -0.2) is 0 Å². The number of rotatable bonds is 2. The van der Waals surface area contributed by atoms with E-state index >= 15 is 0 Å². The van der Waals surface area contributed by atoms with Crippen molar-refractivity contribution >= 4 is 17.1 Å². The Morgan fingerprint density at radius 3 is 2.24 bits per heavy atom. The molecular weight excluding hydrogens is 401 g/mol. The molecule has 1 radical (unpaired) electrons. The number of hydrogen-bond donors (Lipinski definition) is 1. The van der Waals surface area contributed by atoms with Crippen LogP contribution in [-0.2, 0) is 11.0 Å². The Labute approximate surface area is 139 Å². The molecule has 9 heteroatoms. The largest absolute Gasteiger partial charge is 0.504 e. The number of allylic oxidation sites excluding steroid dienone is 2. The number of aliphatic hydroxyl groups excluding tert-OH is 1. The molecular formula is C8H12EuF3O4S+3. The van der Waals surface area contributed by atoms with Crippen LogP contribution in [0.2, 0.25) is 0 Å². The van der Waals surface area contributed by atoms with E-state index in [1.165, 1.54) is 6.07 Å². The Kier molecular flexibility index (Phi) is 12.1. The minimum Gasteiger partial charge on any atom is -0.504 e. The molecule has 1 aromatic heterocycles. The van der Waals surface area contributed by atoms with Gasteiger partial charge >= 0.3 is 12.0 Å². The summed E-state index contributed by atoms with van der Waals surface area (Å²) < 4.78 is 35.4. The molecule has 0 spiro atoms. The number of aliphatic hydroxyl groups is 1. The van der Waals surface area contributed by atoms with Crippen molar-refractivity contribution in [1.82, 2.24) is 0 Å². The third-order valence-electron chi connectivity index (χ3n) is 1.34. The average molecular weight is 413 g/mol. The van der Waals surface area contributed by atoms with Gasteiger partial charge in [0.1, 0.15) is 4.88 Å². The number of halogens is 3. The van der Waals surface area contributed by atoms with E-state index in [0.717, 1.165) is 11.3 Å². The van der Waals surface area contributed by atoms with Gasteiger partial charge in [0.15, 0.2) is 0 Å². The fourth-order valence-corrected chi connectivity index (χ4v) is 1.35. The van der Waals surface area contributed by atoms with E-state index in [4.69, 9.17) is 9.90 Å². The van der Waals surface area contributed by atoms with E-state index in [-0.39, 0.29) is 71.3 Å². The van der Waals surface area contributed by atoms with Crippen LogP contribution >= 0.6 is 11.3 Å². The topological polar surface area (TPSA) is 108 Å². The number of ketones is 1. The van der Waals surface area contributed by atoms with Crippen LogP contribution in [0.5, 0.6) is 0 Å². The van der Waals surface area contributed by atoms with Crippen molar-refractivity contribution in [3.63, 3.8) is 0 Å². The molecule has 1 rings (SSSR count). The molecule has 0 fully saturated rings. The summed E-state index contributed by atoms with van der Waals surface area (Å²) in [5.41, 5.74) is 0. The standard InChI is InChI=1S/C8H5F3O2S.Eu.2H2O/c9-8(10,11)7(13)4-5(12)6-2-1-3-14-6;;;/h1-4,13H;;2*1H2/p+3. The smallest absolute Gasteiger partial charge is 0.449 e. The third-order valence-corrected chi connectivity index (χ3v) is 2.23. The van der Waals surface area contributed by atoms with E-state index in [2.05, 4.69) is 0 Å². The predicted octanol–water partition coefficient (Wildman–Crippen LogP) is 0.801. The molecule has 0 aliphatic heterocycles. The van der Waals surface area contributed by atoms with Crippen LogP contribution in [0.15, 0.2) is 29.3 Å². The van der Waals surface area contributed by atoms with Crippen LogP contribution < -0.4 is 0 Å². The average Bonchev–Trinajstić information content (AvgIpc) is 2.53. The van der Waals surface area contributed by atoms with Crippen molar-refractivity contribution < 1.29 is 83.4 Å². The van der Waals surface area contributed by atoms with Crippen molar-refractivity contribution in [2.45, 2.75) is 6.18 Å². The second kappa shape index (κ2) is 9.18. The van der Waals surface area contributed by atoms with Crippen molar-refractivity contribution in [2.75, 3.05) is 0 Å². The fourth-order valence-electron chi connectivity index (χ4n) is 0.707. The summed E-state index contributed by atoms with van der Waals surface area (Å²) in [5.74, 6) is -2.42. The normalized spacial score (nSPS) is 10.6. The van der Waals surface area contributed by atoms with E-state index in [1.807, 2.05) is 0 Å². The molecule has 0 aromatic carbocycles. The first-order valence-electron chi connectivity index (χ1n) is 3.49. The zero-order valence-corrected chi connectivity index (χ0v) is 11.5.